The fraction of sp³-hybridized carbons (Fsp3) is 0.214. The first-order chi connectivity index (χ1) is 9.22. The Bertz CT molecular complexity index is 605. The molecule has 0 radical (unpaired) electrons. The van der Waals surface area contributed by atoms with Gasteiger partial charge in [-0.1, -0.05) is 0 Å². The molecule has 0 saturated heterocycles. The number of aryl methyl sites for hydroxylation is 1. The van der Waals surface area contributed by atoms with Crippen LogP contribution in [0.1, 0.15) is 17.5 Å². The van der Waals surface area contributed by atoms with Crippen molar-refractivity contribution in [2.75, 3.05) is 16.4 Å². The lowest BCUT2D eigenvalue weighted by Gasteiger charge is -2.19. The largest absolute Gasteiger partial charge is 0.472 e. The third-order valence-corrected chi connectivity index (χ3v) is 3.23. The highest BCUT2D eigenvalue weighted by molar-refractivity contribution is 5.95. The molecule has 0 bridgehead atoms. The van der Waals surface area contributed by atoms with Crippen LogP contribution in [0.15, 0.2) is 35.1 Å². The molecule has 1 aromatic carbocycles. The number of hydrogen-bond acceptors (Lipinski definition) is 4. The van der Waals surface area contributed by atoms with Crippen molar-refractivity contribution in [3.05, 3.63) is 41.9 Å². The molecule has 4 N–H and O–H groups in total. The molecule has 5 heteroatoms. The minimum absolute atomic E-state index is 0.0538. The second-order valence-electron chi connectivity index (χ2n) is 4.63. The van der Waals surface area contributed by atoms with E-state index in [0.717, 1.165) is 28.9 Å². The number of hydrogen-bond donors (Lipinski definition) is 3. The highest BCUT2D eigenvalue weighted by atomic mass is 16.3. The molecule has 19 heavy (non-hydrogen) atoms. The Morgan fingerprint density at radius 2 is 2.26 bits per heavy atom. The van der Waals surface area contributed by atoms with Crippen molar-refractivity contribution in [1.29, 1.82) is 0 Å². The van der Waals surface area contributed by atoms with Gasteiger partial charge in [-0.25, -0.2) is 0 Å². The minimum Gasteiger partial charge on any atom is -0.472 e. The Hall–Kier alpha value is -2.43. The van der Waals surface area contributed by atoms with Crippen molar-refractivity contribution in [3.8, 4) is 0 Å². The smallest absolute Gasteiger partial charge is 0.224 e. The van der Waals surface area contributed by atoms with Gasteiger partial charge in [-0.15, -0.1) is 0 Å². The van der Waals surface area contributed by atoms with Crippen LogP contribution in [-0.4, -0.2) is 5.91 Å². The lowest BCUT2D eigenvalue weighted by molar-refractivity contribution is -0.116. The topological polar surface area (TPSA) is 80.3 Å². The average Bonchev–Trinajstić information content (AvgIpc) is 2.90. The van der Waals surface area contributed by atoms with Gasteiger partial charge in [-0.3, -0.25) is 4.79 Å². The van der Waals surface area contributed by atoms with Gasteiger partial charge in [0.05, 0.1) is 23.9 Å². The van der Waals surface area contributed by atoms with Crippen LogP contribution in [0.5, 0.6) is 0 Å². The first kappa shape index (κ1) is 11.6. The fourth-order valence-electron chi connectivity index (χ4n) is 2.19. The van der Waals surface area contributed by atoms with Crippen LogP contribution in [0, 0.1) is 0 Å². The van der Waals surface area contributed by atoms with E-state index in [-0.39, 0.29) is 5.91 Å². The highest BCUT2D eigenvalue weighted by Gasteiger charge is 2.16. The summed E-state index contributed by atoms with van der Waals surface area (Å²) in [4.78, 5) is 11.4. The Balaban J connectivity index is 1.81. The molecule has 1 aliphatic rings. The molecule has 5 nitrogen and oxygen atoms in total. The number of nitrogens with two attached hydrogens (primary N) is 1. The lowest BCUT2D eigenvalue weighted by Crippen LogP contribution is -2.19. The summed E-state index contributed by atoms with van der Waals surface area (Å²) in [6.07, 6.45) is 4.58. The molecular formula is C14H15N3O2. The summed E-state index contributed by atoms with van der Waals surface area (Å²) >= 11 is 0. The standard InChI is InChI=1S/C14H15N3O2/c15-11-5-10-1-2-14(18)17-12(10)6-13(11)16-7-9-3-4-19-8-9/h3-6,8,16H,1-2,7,15H2,(H,17,18). The van der Waals surface area contributed by atoms with Crippen molar-refractivity contribution >= 4 is 23.0 Å². The second-order valence-corrected chi connectivity index (χ2v) is 4.63. The second kappa shape index (κ2) is 4.68. The van der Waals surface area contributed by atoms with Crippen LogP contribution in [-0.2, 0) is 17.8 Å². The summed E-state index contributed by atoms with van der Waals surface area (Å²) in [5, 5.41) is 6.11. The number of benzene rings is 1. The zero-order valence-corrected chi connectivity index (χ0v) is 10.4. The monoisotopic (exact) mass is 257 g/mol. The van der Waals surface area contributed by atoms with Gasteiger partial charge in [0.25, 0.3) is 0 Å². The average molecular weight is 257 g/mol. The van der Waals surface area contributed by atoms with E-state index in [1.54, 1.807) is 12.5 Å². The molecule has 1 aromatic heterocycles. The first-order valence-corrected chi connectivity index (χ1v) is 6.19. The van der Waals surface area contributed by atoms with Crippen LogP contribution in [0.4, 0.5) is 17.1 Å². The number of carbonyl (C=O) groups excluding carboxylic acids is 1. The first-order valence-electron chi connectivity index (χ1n) is 6.19. The van der Waals surface area contributed by atoms with E-state index in [4.69, 9.17) is 10.2 Å². The number of nitrogens with one attached hydrogen (secondary N) is 2. The van der Waals surface area contributed by atoms with Gasteiger partial charge in [-0.2, -0.15) is 0 Å². The molecule has 3 rings (SSSR count). The maximum atomic E-state index is 11.4. The molecule has 2 heterocycles. The molecule has 1 aliphatic heterocycles. The van der Waals surface area contributed by atoms with Crippen molar-refractivity contribution in [1.82, 2.24) is 0 Å². The van der Waals surface area contributed by atoms with Gasteiger partial charge in [0, 0.05) is 24.2 Å². The molecule has 0 fully saturated rings. The summed E-state index contributed by atoms with van der Waals surface area (Å²) in [6.45, 7) is 0.632. The highest BCUT2D eigenvalue weighted by Crippen LogP contribution is 2.31. The number of carbonyl (C=O) groups is 1. The summed E-state index contributed by atoms with van der Waals surface area (Å²) in [6, 6.07) is 5.71. The number of furan rings is 1. The number of rotatable bonds is 3. The van der Waals surface area contributed by atoms with E-state index in [0.29, 0.717) is 18.7 Å². The summed E-state index contributed by atoms with van der Waals surface area (Å²) in [5.41, 5.74) is 10.5. The SMILES string of the molecule is Nc1cc2c(cc1NCc1ccoc1)NC(=O)CC2. The van der Waals surface area contributed by atoms with Crippen molar-refractivity contribution < 1.29 is 9.21 Å². The molecule has 0 spiro atoms. The van der Waals surface area contributed by atoms with Gasteiger partial charge in [0.2, 0.25) is 5.91 Å². The molecule has 0 saturated carbocycles. The molecular weight excluding hydrogens is 242 g/mol. The van der Waals surface area contributed by atoms with Gasteiger partial charge < -0.3 is 20.8 Å². The van der Waals surface area contributed by atoms with Gasteiger partial charge in [-0.05, 0) is 30.2 Å². The van der Waals surface area contributed by atoms with E-state index in [9.17, 15) is 4.79 Å². The van der Waals surface area contributed by atoms with Gasteiger partial charge in [0.1, 0.15) is 0 Å². The van der Waals surface area contributed by atoms with Gasteiger partial charge in [0.15, 0.2) is 0 Å². The van der Waals surface area contributed by atoms with Crippen LogP contribution < -0.4 is 16.4 Å². The predicted octanol–water partition coefficient (Wildman–Crippen LogP) is 2.36. The lowest BCUT2D eigenvalue weighted by atomic mass is 10.0. The van der Waals surface area contributed by atoms with E-state index in [1.165, 1.54) is 0 Å². The van der Waals surface area contributed by atoms with E-state index in [2.05, 4.69) is 10.6 Å². The molecule has 1 amide bonds. The Morgan fingerprint density at radius 3 is 3.05 bits per heavy atom. The van der Waals surface area contributed by atoms with Crippen LogP contribution in [0.3, 0.4) is 0 Å². The van der Waals surface area contributed by atoms with Crippen molar-refractivity contribution in [2.24, 2.45) is 0 Å². The molecule has 98 valence electrons. The van der Waals surface area contributed by atoms with E-state index < -0.39 is 0 Å². The molecule has 2 aromatic rings. The summed E-state index contributed by atoms with van der Waals surface area (Å²) in [7, 11) is 0. The third-order valence-electron chi connectivity index (χ3n) is 3.23. The minimum atomic E-state index is 0.0538. The van der Waals surface area contributed by atoms with Crippen molar-refractivity contribution in [3.63, 3.8) is 0 Å². The van der Waals surface area contributed by atoms with Gasteiger partial charge >= 0.3 is 0 Å². The normalized spacial score (nSPS) is 13.8. The van der Waals surface area contributed by atoms with Crippen LogP contribution in [0.25, 0.3) is 0 Å². The zero-order chi connectivity index (χ0) is 13.2. The zero-order valence-electron chi connectivity index (χ0n) is 10.4. The fourth-order valence-corrected chi connectivity index (χ4v) is 2.19. The van der Waals surface area contributed by atoms with Crippen molar-refractivity contribution in [2.45, 2.75) is 19.4 Å². The number of anilines is 3. The van der Waals surface area contributed by atoms with Crippen LogP contribution >= 0.6 is 0 Å². The molecule has 0 aliphatic carbocycles. The third kappa shape index (κ3) is 2.40. The Morgan fingerprint density at radius 1 is 1.37 bits per heavy atom. The molecule has 0 unspecified atom stereocenters. The number of fused-ring (bicyclic) bond motifs is 1. The number of amides is 1. The van der Waals surface area contributed by atoms with Crippen LogP contribution in [0.2, 0.25) is 0 Å². The maximum absolute atomic E-state index is 11.4. The summed E-state index contributed by atoms with van der Waals surface area (Å²) in [5.74, 6) is 0.0538. The molecule has 0 atom stereocenters. The predicted molar refractivity (Wildman–Crippen MR) is 73.8 cm³/mol. The quantitative estimate of drug-likeness (QED) is 0.737. The van der Waals surface area contributed by atoms with E-state index >= 15 is 0 Å². The maximum Gasteiger partial charge on any atom is 0.224 e. The van der Waals surface area contributed by atoms with E-state index in [1.807, 2.05) is 18.2 Å². The summed E-state index contributed by atoms with van der Waals surface area (Å²) < 4.78 is 5.01. The number of nitrogen functional groups attached to an aromatic ring is 1. The Labute approximate surface area is 110 Å². The Kier molecular flexibility index (Phi) is 2.87.